The summed E-state index contributed by atoms with van der Waals surface area (Å²) in [5.74, 6) is 0.289. The Balaban J connectivity index is 2.35. The molecule has 0 aliphatic rings. The van der Waals surface area contributed by atoms with Gasteiger partial charge in [-0.15, -0.1) is 0 Å². The Bertz CT molecular complexity index is 774. The number of anilines is 1. The van der Waals surface area contributed by atoms with Gasteiger partial charge >= 0.3 is 0 Å². The third-order valence-corrected chi connectivity index (χ3v) is 5.42. The molecule has 1 aromatic carbocycles. The molecule has 5 nitrogen and oxygen atoms in total. The molecular weight excluding hydrogens is 363 g/mol. The first kappa shape index (κ1) is 16.0. The van der Waals surface area contributed by atoms with Gasteiger partial charge in [-0.2, -0.15) is 4.31 Å². The number of rotatable bonds is 4. The molecule has 0 saturated carbocycles. The molecule has 21 heavy (non-hydrogen) atoms. The first-order valence-electron chi connectivity index (χ1n) is 5.98. The van der Waals surface area contributed by atoms with E-state index in [1.165, 1.54) is 7.05 Å². The van der Waals surface area contributed by atoms with Gasteiger partial charge in [-0.1, -0.05) is 0 Å². The zero-order valence-electron chi connectivity index (χ0n) is 11.4. The Morgan fingerprint density at radius 1 is 1.38 bits per heavy atom. The van der Waals surface area contributed by atoms with Crippen molar-refractivity contribution in [1.29, 1.82) is 0 Å². The Labute approximate surface area is 130 Å². The number of nitrogens with zero attached hydrogens (tertiary/aromatic N) is 1. The highest BCUT2D eigenvalue weighted by Gasteiger charge is 2.26. The topological polar surface area (TPSA) is 76.5 Å². The molecule has 2 aromatic rings. The van der Waals surface area contributed by atoms with Crippen LogP contribution in [0.5, 0.6) is 0 Å². The van der Waals surface area contributed by atoms with Crippen LogP contribution in [0.4, 0.5) is 10.1 Å². The van der Waals surface area contributed by atoms with Gasteiger partial charge in [0.25, 0.3) is 0 Å². The highest BCUT2D eigenvalue weighted by Crippen LogP contribution is 2.28. The van der Waals surface area contributed by atoms with Crippen LogP contribution >= 0.6 is 15.9 Å². The van der Waals surface area contributed by atoms with Crippen molar-refractivity contribution in [2.24, 2.45) is 0 Å². The second kappa shape index (κ2) is 5.78. The average Bonchev–Trinajstić information content (AvgIpc) is 2.79. The summed E-state index contributed by atoms with van der Waals surface area (Å²) in [5, 5.41) is 0. The van der Waals surface area contributed by atoms with Gasteiger partial charge in [-0.05, 0) is 47.1 Å². The number of benzene rings is 1. The molecule has 114 valence electrons. The van der Waals surface area contributed by atoms with E-state index >= 15 is 0 Å². The number of nitrogen functional groups attached to an aromatic ring is 1. The van der Waals surface area contributed by atoms with Crippen molar-refractivity contribution in [2.75, 3.05) is 12.8 Å². The van der Waals surface area contributed by atoms with Crippen molar-refractivity contribution < 1.29 is 17.2 Å². The number of hydrogen-bond donors (Lipinski definition) is 1. The number of sulfonamides is 1. The fraction of sp³-hybridized carbons (Fsp3) is 0.231. The third-order valence-electron chi connectivity index (χ3n) is 2.91. The Morgan fingerprint density at radius 2 is 2.05 bits per heavy atom. The molecule has 0 unspecified atom stereocenters. The lowest BCUT2D eigenvalue weighted by molar-refractivity contribution is 0.395. The van der Waals surface area contributed by atoms with Crippen LogP contribution in [0.1, 0.15) is 11.5 Å². The molecular formula is C13H14BrFN2O3S. The van der Waals surface area contributed by atoms with Gasteiger partial charge in [0, 0.05) is 17.2 Å². The molecule has 0 spiro atoms. The van der Waals surface area contributed by atoms with E-state index in [2.05, 4.69) is 15.9 Å². The highest BCUT2D eigenvalue weighted by molar-refractivity contribution is 9.10. The molecule has 2 N–H and O–H groups in total. The van der Waals surface area contributed by atoms with Crippen LogP contribution in [0.15, 0.2) is 38.1 Å². The average molecular weight is 377 g/mol. The van der Waals surface area contributed by atoms with Crippen LogP contribution in [0.25, 0.3) is 0 Å². The van der Waals surface area contributed by atoms with Gasteiger partial charge in [0.1, 0.15) is 22.2 Å². The smallest absolute Gasteiger partial charge is 0.246 e. The number of hydrogen-bond acceptors (Lipinski definition) is 4. The minimum atomic E-state index is -4.00. The summed E-state index contributed by atoms with van der Waals surface area (Å²) in [6.07, 6.45) is 0. The maximum absolute atomic E-state index is 13.9. The molecule has 0 radical (unpaired) electrons. The summed E-state index contributed by atoms with van der Waals surface area (Å²) in [4.78, 5) is -0.464. The van der Waals surface area contributed by atoms with E-state index in [1.54, 1.807) is 19.1 Å². The monoisotopic (exact) mass is 376 g/mol. The minimum absolute atomic E-state index is 0.00554. The minimum Gasteiger partial charge on any atom is -0.465 e. The van der Waals surface area contributed by atoms with Crippen molar-refractivity contribution in [3.05, 3.63) is 46.1 Å². The summed E-state index contributed by atoms with van der Waals surface area (Å²) in [6, 6.07) is 5.54. The maximum Gasteiger partial charge on any atom is 0.246 e. The van der Waals surface area contributed by atoms with E-state index < -0.39 is 20.7 Å². The zero-order chi connectivity index (χ0) is 15.8. The lowest BCUT2D eigenvalue weighted by atomic mass is 10.3. The van der Waals surface area contributed by atoms with Crippen molar-refractivity contribution in [3.63, 3.8) is 0 Å². The Hall–Kier alpha value is -1.38. The van der Waals surface area contributed by atoms with Crippen molar-refractivity contribution in [2.45, 2.75) is 18.4 Å². The van der Waals surface area contributed by atoms with Gasteiger partial charge in [-0.3, -0.25) is 0 Å². The fourth-order valence-electron chi connectivity index (χ4n) is 1.78. The number of aryl methyl sites for hydroxylation is 1. The van der Waals surface area contributed by atoms with Gasteiger partial charge in [0.05, 0.1) is 6.54 Å². The van der Waals surface area contributed by atoms with E-state index in [9.17, 15) is 12.8 Å². The number of furan rings is 1. The van der Waals surface area contributed by atoms with Crippen LogP contribution in [0.3, 0.4) is 0 Å². The molecule has 0 amide bonds. The molecule has 0 saturated heterocycles. The van der Waals surface area contributed by atoms with Crippen molar-refractivity contribution in [3.8, 4) is 0 Å². The fourth-order valence-corrected chi connectivity index (χ4v) is 3.31. The van der Waals surface area contributed by atoms with Gasteiger partial charge < -0.3 is 10.2 Å². The standard InChI is InChI=1S/C13H14BrFN2O3S/c1-8-3-4-9(20-8)7-17(2)21(18,19)13-6-12(16)10(14)5-11(13)15/h3-6H,7,16H2,1-2H3. The molecule has 8 heteroatoms. The number of halogens is 2. The highest BCUT2D eigenvalue weighted by atomic mass is 79.9. The lowest BCUT2D eigenvalue weighted by Gasteiger charge is -2.17. The first-order chi connectivity index (χ1) is 9.71. The molecule has 0 aliphatic carbocycles. The van der Waals surface area contributed by atoms with Crippen LogP contribution < -0.4 is 5.73 Å². The summed E-state index contributed by atoms with van der Waals surface area (Å²) >= 11 is 3.05. The molecule has 0 aliphatic heterocycles. The zero-order valence-corrected chi connectivity index (χ0v) is 13.8. The maximum atomic E-state index is 13.9. The van der Waals surface area contributed by atoms with Crippen LogP contribution in [0.2, 0.25) is 0 Å². The summed E-state index contributed by atoms with van der Waals surface area (Å²) in [7, 11) is -2.65. The quantitative estimate of drug-likeness (QED) is 0.832. The van der Waals surface area contributed by atoms with Crippen LogP contribution in [0, 0.1) is 12.7 Å². The van der Waals surface area contributed by atoms with E-state index in [0.29, 0.717) is 16.0 Å². The second-order valence-corrected chi connectivity index (χ2v) is 7.45. The summed E-state index contributed by atoms with van der Waals surface area (Å²) < 4.78 is 45.4. The number of nitrogens with two attached hydrogens (primary N) is 1. The van der Waals surface area contributed by atoms with E-state index in [-0.39, 0.29) is 12.2 Å². The van der Waals surface area contributed by atoms with Crippen molar-refractivity contribution in [1.82, 2.24) is 4.31 Å². The van der Waals surface area contributed by atoms with E-state index in [0.717, 1.165) is 16.4 Å². The summed E-state index contributed by atoms with van der Waals surface area (Å²) in [6.45, 7) is 1.76. The molecule has 0 fully saturated rings. The van der Waals surface area contributed by atoms with Crippen molar-refractivity contribution >= 4 is 31.6 Å². The summed E-state index contributed by atoms with van der Waals surface area (Å²) in [5.41, 5.74) is 5.78. The van der Waals surface area contributed by atoms with Gasteiger partial charge in [0.15, 0.2) is 0 Å². The second-order valence-electron chi connectivity index (χ2n) is 4.58. The van der Waals surface area contributed by atoms with E-state index in [4.69, 9.17) is 10.2 Å². The lowest BCUT2D eigenvalue weighted by Crippen LogP contribution is -2.27. The van der Waals surface area contributed by atoms with Gasteiger partial charge in [0.2, 0.25) is 10.0 Å². The third kappa shape index (κ3) is 3.28. The van der Waals surface area contributed by atoms with Crippen LogP contribution in [-0.2, 0) is 16.6 Å². The van der Waals surface area contributed by atoms with Gasteiger partial charge in [-0.25, -0.2) is 12.8 Å². The normalized spacial score (nSPS) is 12.0. The largest absolute Gasteiger partial charge is 0.465 e. The van der Waals surface area contributed by atoms with E-state index in [1.807, 2.05) is 0 Å². The predicted octanol–water partition coefficient (Wildman–Crippen LogP) is 2.89. The molecule has 1 heterocycles. The Kier molecular flexibility index (Phi) is 4.40. The molecule has 1 aromatic heterocycles. The van der Waals surface area contributed by atoms with Crippen LogP contribution in [-0.4, -0.2) is 19.8 Å². The SMILES string of the molecule is Cc1ccc(CN(C)S(=O)(=O)c2cc(N)c(Br)cc2F)o1. The first-order valence-corrected chi connectivity index (χ1v) is 8.21. The predicted molar refractivity (Wildman–Crippen MR) is 80.6 cm³/mol. The molecule has 2 rings (SSSR count). The molecule has 0 atom stereocenters. The molecule has 0 bridgehead atoms. The Morgan fingerprint density at radius 3 is 2.62 bits per heavy atom.